The highest BCUT2D eigenvalue weighted by Crippen LogP contribution is 2.19. The van der Waals surface area contributed by atoms with Gasteiger partial charge in [-0.2, -0.15) is 0 Å². The van der Waals surface area contributed by atoms with Crippen molar-refractivity contribution in [2.24, 2.45) is 0 Å². The smallest absolute Gasteiger partial charge is 0.242 e. The van der Waals surface area contributed by atoms with Crippen molar-refractivity contribution in [1.29, 1.82) is 0 Å². The Bertz CT molecular complexity index is 739. The molecule has 1 amide bonds. The number of benzene rings is 2. The zero-order valence-corrected chi connectivity index (χ0v) is 12.7. The van der Waals surface area contributed by atoms with Crippen molar-refractivity contribution in [2.45, 2.75) is 24.0 Å². The number of hydrogen-bond donors (Lipinski definition) is 1. The second-order valence-electron chi connectivity index (χ2n) is 4.80. The summed E-state index contributed by atoms with van der Waals surface area (Å²) in [6.07, 6.45) is 0. The van der Waals surface area contributed by atoms with Crippen LogP contribution in [0.5, 0.6) is 0 Å². The second-order valence-corrected chi connectivity index (χ2v) is 7.07. The molecule has 0 aliphatic rings. The lowest BCUT2D eigenvalue weighted by molar-refractivity contribution is -0.115. The number of carbonyl (C=O) groups excluding carboxylic acids is 1. The molecule has 1 N–H and O–H groups in total. The van der Waals surface area contributed by atoms with Gasteiger partial charge in [0.25, 0.3) is 0 Å². The molecular formula is C16H17NO3S. The van der Waals surface area contributed by atoms with E-state index in [-0.39, 0.29) is 4.90 Å². The van der Waals surface area contributed by atoms with Gasteiger partial charge in [-0.05, 0) is 37.6 Å². The third-order valence-electron chi connectivity index (χ3n) is 3.31. The minimum absolute atomic E-state index is 0.150. The third kappa shape index (κ3) is 3.31. The maximum atomic E-state index is 12.4. The first-order chi connectivity index (χ1) is 9.93. The zero-order valence-electron chi connectivity index (χ0n) is 11.9. The quantitative estimate of drug-likeness (QED) is 0.944. The first-order valence-corrected chi connectivity index (χ1v) is 8.13. The molecule has 2 aromatic carbocycles. The fourth-order valence-corrected chi connectivity index (χ4v) is 3.19. The van der Waals surface area contributed by atoms with Gasteiger partial charge in [0.1, 0.15) is 5.25 Å². The van der Waals surface area contributed by atoms with Crippen LogP contribution in [0.2, 0.25) is 0 Å². The first kappa shape index (κ1) is 15.3. The molecule has 1 unspecified atom stereocenters. The maximum Gasteiger partial charge on any atom is 0.242 e. The van der Waals surface area contributed by atoms with Crippen molar-refractivity contribution in [3.05, 3.63) is 60.2 Å². The molecule has 0 spiro atoms. The predicted octanol–water partition coefficient (Wildman–Crippen LogP) is 2.80. The van der Waals surface area contributed by atoms with Crippen LogP contribution in [0.3, 0.4) is 0 Å². The summed E-state index contributed by atoms with van der Waals surface area (Å²) in [5.41, 5.74) is 1.51. The average molecular weight is 303 g/mol. The molecule has 0 fully saturated rings. The molecule has 0 heterocycles. The van der Waals surface area contributed by atoms with E-state index < -0.39 is 21.0 Å². The molecule has 0 radical (unpaired) electrons. The van der Waals surface area contributed by atoms with Crippen LogP contribution in [0.4, 0.5) is 5.69 Å². The molecule has 2 rings (SSSR count). The Kier molecular flexibility index (Phi) is 4.43. The Morgan fingerprint density at radius 1 is 1.00 bits per heavy atom. The molecule has 2 aromatic rings. The lowest BCUT2D eigenvalue weighted by Crippen LogP contribution is -2.32. The molecule has 0 aliphatic heterocycles. The molecule has 0 aliphatic carbocycles. The van der Waals surface area contributed by atoms with E-state index in [1.165, 1.54) is 19.1 Å². The largest absolute Gasteiger partial charge is 0.325 e. The minimum Gasteiger partial charge on any atom is -0.325 e. The highest BCUT2D eigenvalue weighted by atomic mass is 32.2. The zero-order chi connectivity index (χ0) is 15.5. The van der Waals surface area contributed by atoms with Crippen LogP contribution in [0.15, 0.2) is 59.5 Å². The Morgan fingerprint density at radius 2 is 1.57 bits per heavy atom. The second kappa shape index (κ2) is 6.10. The highest BCUT2D eigenvalue weighted by Gasteiger charge is 2.29. The molecule has 1 atom stereocenters. The normalized spacial score (nSPS) is 12.7. The van der Waals surface area contributed by atoms with Crippen molar-refractivity contribution >= 4 is 21.4 Å². The highest BCUT2D eigenvalue weighted by molar-refractivity contribution is 7.92. The molecular weight excluding hydrogens is 286 g/mol. The molecule has 0 aromatic heterocycles. The Morgan fingerprint density at radius 3 is 2.19 bits per heavy atom. The summed E-state index contributed by atoms with van der Waals surface area (Å²) < 4.78 is 24.8. The summed E-state index contributed by atoms with van der Waals surface area (Å²) in [4.78, 5) is 12.3. The van der Waals surface area contributed by atoms with Gasteiger partial charge in [0.2, 0.25) is 5.91 Å². The Balaban J connectivity index is 2.22. The third-order valence-corrected chi connectivity index (χ3v) is 5.38. The molecule has 5 heteroatoms. The molecule has 4 nitrogen and oxygen atoms in total. The minimum atomic E-state index is -3.68. The van der Waals surface area contributed by atoms with Gasteiger partial charge in [-0.1, -0.05) is 36.4 Å². The number of carbonyl (C=O) groups is 1. The van der Waals surface area contributed by atoms with Gasteiger partial charge in [-0.15, -0.1) is 0 Å². The molecule has 21 heavy (non-hydrogen) atoms. The van der Waals surface area contributed by atoms with Gasteiger partial charge in [-0.3, -0.25) is 4.79 Å². The van der Waals surface area contributed by atoms with Gasteiger partial charge >= 0.3 is 0 Å². The van der Waals surface area contributed by atoms with Crippen molar-refractivity contribution in [3.63, 3.8) is 0 Å². The van der Waals surface area contributed by atoms with Crippen LogP contribution in [0.25, 0.3) is 0 Å². The van der Waals surface area contributed by atoms with Crippen LogP contribution in [0.1, 0.15) is 12.5 Å². The van der Waals surface area contributed by atoms with Crippen LogP contribution in [-0.4, -0.2) is 19.6 Å². The van der Waals surface area contributed by atoms with Crippen LogP contribution in [0, 0.1) is 6.92 Å². The number of hydrogen-bond acceptors (Lipinski definition) is 3. The first-order valence-electron chi connectivity index (χ1n) is 6.58. The predicted molar refractivity (Wildman–Crippen MR) is 82.9 cm³/mol. The van der Waals surface area contributed by atoms with Crippen molar-refractivity contribution in [3.8, 4) is 0 Å². The number of amides is 1. The standard InChI is InChI=1S/C16H17NO3S/c1-12-8-6-7-11-15(12)17-16(18)13(2)21(19,20)14-9-4-3-5-10-14/h3-11,13H,1-2H3,(H,17,18). The van der Waals surface area contributed by atoms with Crippen LogP contribution < -0.4 is 5.32 Å². The summed E-state index contributed by atoms with van der Waals surface area (Å²) in [7, 11) is -3.68. The van der Waals surface area contributed by atoms with Crippen LogP contribution >= 0.6 is 0 Å². The van der Waals surface area contributed by atoms with Gasteiger partial charge in [-0.25, -0.2) is 8.42 Å². The lowest BCUT2D eigenvalue weighted by atomic mass is 10.2. The maximum absolute atomic E-state index is 12.4. The van der Waals surface area contributed by atoms with Gasteiger partial charge in [0.05, 0.1) is 4.90 Å². The topological polar surface area (TPSA) is 63.2 Å². The van der Waals surface area contributed by atoms with Crippen molar-refractivity contribution < 1.29 is 13.2 Å². The summed E-state index contributed by atoms with van der Waals surface area (Å²) >= 11 is 0. The van der Waals surface area contributed by atoms with Gasteiger partial charge in [0.15, 0.2) is 9.84 Å². The summed E-state index contributed by atoms with van der Waals surface area (Å²) in [6.45, 7) is 3.25. The van der Waals surface area contributed by atoms with E-state index in [2.05, 4.69) is 5.32 Å². The van der Waals surface area contributed by atoms with Gasteiger partial charge < -0.3 is 5.32 Å². The number of rotatable bonds is 4. The van der Waals surface area contributed by atoms with Gasteiger partial charge in [0, 0.05) is 5.69 Å². The molecule has 0 saturated carbocycles. The average Bonchev–Trinajstić information content (AvgIpc) is 2.49. The van der Waals surface area contributed by atoms with Crippen LogP contribution in [-0.2, 0) is 14.6 Å². The van der Waals surface area contributed by atoms with E-state index in [4.69, 9.17) is 0 Å². The monoisotopic (exact) mass is 303 g/mol. The van der Waals surface area contributed by atoms with E-state index >= 15 is 0 Å². The molecule has 0 saturated heterocycles. The van der Waals surface area contributed by atoms with E-state index in [0.717, 1.165) is 5.56 Å². The number of anilines is 1. The fourth-order valence-electron chi connectivity index (χ4n) is 1.90. The number of aryl methyl sites for hydroxylation is 1. The van der Waals surface area contributed by atoms with Crippen molar-refractivity contribution in [1.82, 2.24) is 0 Å². The van der Waals surface area contributed by atoms with E-state index in [0.29, 0.717) is 5.69 Å². The summed E-state index contributed by atoms with van der Waals surface area (Å²) in [5.74, 6) is -0.534. The molecule has 110 valence electrons. The fraction of sp³-hybridized carbons (Fsp3) is 0.188. The lowest BCUT2D eigenvalue weighted by Gasteiger charge is -2.14. The summed E-state index contributed by atoms with van der Waals surface area (Å²) in [5, 5.41) is 1.51. The SMILES string of the molecule is Cc1ccccc1NC(=O)C(C)S(=O)(=O)c1ccccc1. The number of sulfone groups is 1. The van der Waals surface area contributed by atoms with Crippen molar-refractivity contribution in [2.75, 3.05) is 5.32 Å². The number of para-hydroxylation sites is 1. The Hall–Kier alpha value is -2.14. The number of nitrogens with one attached hydrogen (secondary N) is 1. The van der Waals surface area contributed by atoms with E-state index in [9.17, 15) is 13.2 Å². The Labute approximate surface area is 124 Å². The van der Waals surface area contributed by atoms with E-state index in [1.54, 1.807) is 30.3 Å². The van der Waals surface area contributed by atoms with E-state index in [1.807, 2.05) is 19.1 Å². The molecule has 0 bridgehead atoms. The summed E-state index contributed by atoms with van der Waals surface area (Å²) in [6, 6.07) is 15.2.